The number of nitrogens with one attached hydrogen (secondary N) is 1. The zero-order valence-corrected chi connectivity index (χ0v) is 8.86. The highest BCUT2D eigenvalue weighted by molar-refractivity contribution is 5.83. The second-order valence-corrected chi connectivity index (χ2v) is 3.89. The number of aliphatic carboxylic acids is 1. The monoisotopic (exact) mass is 215 g/mol. The summed E-state index contributed by atoms with van der Waals surface area (Å²) in [5.41, 5.74) is 0. The fourth-order valence-electron chi connectivity index (χ4n) is 1.57. The Kier molecular flexibility index (Phi) is 4.55. The third kappa shape index (κ3) is 4.29. The van der Waals surface area contributed by atoms with E-state index in [0.29, 0.717) is 25.6 Å². The minimum Gasteiger partial charge on any atom is -0.480 e. The van der Waals surface area contributed by atoms with Crippen LogP contribution in [0.2, 0.25) is 0 Å². The van der Waals surface area contributed by atoms with Crippen LogP contribution in [0, 0.1) is 5.92 Å². The molecule has 0 aromatic heterocycles. The highest BCUT2D eigenvalue weighted by Crippen LogP contribution is 2.18. The number of carbonyl (C=O) groups is 2. The second kappa shape index (κ2) is 5.70. The number of hydrogen-bond donors (Lipinski definition) is 2. The zero-order chi connectivity index (χ0) is 11.3. The number of carbonyl (C=O) groups excluding carboxylic acids is 1. The fraction of sp³-hybridized carbons (Fsp3) is 0.800. The SMILES string of the molecule is C[C@@H](NC(=O)CC1CCOCC1)C(=O)O. The molecule has 1 amide bonds. The Morgan fingerprint density at radius 2 is 2.07 bits per heavy atom. The van der Waals surface area contributed by atoms with Gasteiger partial charge in [0.15, 0.2) is 0 Å². The molecule has 0 unspecified atom stereocenters. The highest BCUT2D eigenvalue weighted by Gasteiger charge is 2.20. The Morgan fingerprint density at radius 3 is 2.60 bits per heavy atom. The zero-order valence-electron chi connectivity index (χ0n) is 8.86. The minimum absolute atomic E-state index is 0.184. The third-order valence-electron chi connectivity index (χ3n) is 2.56. The lowest BCUT2D eigenvalue weighted by Crippen LogP contribution is -2.39. The third-order valence-corrected chi connectivity index (χ3v) is 2.56. The van der Waals surface area contributed by atoms with Gasteiger partial charge in [-0.15, -0.1) is 0 Å². The van der Waals surface area contributed by atoms with E-state index < -0.39 is 12.0 Å². The van der Waals surface area contributed by atoms with E-state index in [9.17, 15) is 9.59 Å². The Balaban J connectivity index is 2.25. The van der Waals surface area contributed by atoms with E-state index in [1.165, 1.54) is 6.92 Å². The van der Waals surface area contributed by atoms with E-state index >= 15 is 0 Å². The fourth-order valence-corrected chi connectivity index (χ4v) is 1.57. The van der Waals surface area contributed by atoms with Gasteiger partial charge in [-0.05, 0) is 25.7 Å². The van der Waals surface area contributed by atoms with Crippen molar-refractivity contribution in [3.63, 3.8) is 0 Å². The first-order chi connectivity index (χ1) is 7.09. The molecule has 1 aliphatic heterocycles. The highest BCUT2D eigenvalue weighted by atomic mass is 16.5. The summed E-state index contributed by atoms with van der Waals surface area (Å²) in [6, 6.07) is -0.808. The van der Waals surface area contributed by atoms with E-state index in [0.717, 1.165) is 12.8 Å². The van der Waals surface area contributed by atoms with Crippen LogP contribution in [0.3, 0.4) is 0 Å². The summed E-state index contributed by atoms with van der Waals surface area (Å²) in [5.74, 6) is -0.855. The average molecular weight is 215 g/mol. The molecule has 1 heterocycles. The minimum atomic E-state index is -1.00. The normalized spacial score (nSPS) is 19.5. The molecule has 1 aliphatic rings. The topological polar surface area (TPSA) is 75.6 Å². The number of rotatable bonds is 4. The van der Waals surface area contributed by atoms with Crippen LogP contribution in [0.25, 0.3) is 0 Å². The smallest absolute Gasteiger partial charge is 0.325 e. The maximum absolute atomic E-state index is 11.4. The summed E-state index contributed by atoms with van der Waals surface area (Å²) >= 11 is 0. The first-order valence-corrected chi connectivity index (χ1v) is 5.19. The van der Waals surface area contributed by atoms with Gasteiger partial charge >= 0.3 is 5.97 Å². The van der Waals surface area contributed by atoms with Gasteiger partial charge in [0, 0.05) is 19.6 Å². The molecule has 86 valence electrons. The molecular formula is C10H17NO4. The lowest BCUT2D eigenvalue weighted by Gasteiger charge is -2.21. The van der Waals surface area contributed by atoms with Crippen LogP contribution in [0.15, 0.2) is 0 Å². The maximum Gasteiger partial charge on any atom is 0.325 e. The Hall–Kier alpha value is -1.10. The van der Waals surface area contributed by atoms with Crippen molar-refractivity contribution >= 4 is 11.9 Å². The van der Waals surface area contributed by atoms with Gasteiger partial charge in [-0.3, -0.25) is 9.59 Å². The maximum atomic E-state index is 11.4. The second-order valence-electron chi connectivity index (χ2n) is 3.89. The molecule has 0 aromatic carbocycles. The van der Waals surface area contributed by atoms with Crippen LogP contribution >= 0.6 is 0 Å². The van der Waals surface area contributed by atoms with Gasteiger partial charge in [-0.25, -0.2) is 0 Å². The average Bonchev–Trinajstić information content (AvgIpc) is 2.18. The van der Waals surface area contributed by atoms with E-state index in [-0.39, 0.29) is 5.91 Å². The van der Waals surface area contributed by atoms with Crippen molar-refractivity contribution in [1.82, 2.24) is 5.32 Å². The number of carboxylic acid groups (broad SMARTS) is 1. The van der Waals surface area contributed by atoms with Gasteiger partial charge in [-0.2, -0.15) is 0 Å². The Bertz CT molecular complexity index is 236. The molecule has 0 aromatic rings. The van der Waals surface area contributed by atoms with E-state index in [2.05, 4.69) is 5.32 Å². The molecule has 1 rings (SSSR count). The van der Waals surface area contributed by atoms with Gasteiger partial charge in [0.2, 0.25) is 5.91 Å². The van der Waals surface area contributed by atoms with Crippen molar-refractivity contribution in [2.45, 2.75) is 32.2 Å². The molecule has 0 bridgehead atoms. The molecule has 5 heteroatoms. The molecule has 1 fully saturated rings. The number of ether oxygens (including phenoxy) is 1. The van der Waals surface area contributed by atoms with Crippen LogP contribution < -0.4 is 5.32 Å². The van der Waals surface area contributed by atoms with Gasteiger partial charge < -0.3 is 15.2 Å². The van der Waals surface area contributed by atoms with Crippen molar-refractivity contribution in [3.8, 4) is 0 Å². The molecule has 5 nitrogen and oxygen atoms in total. The molecule has 0 spiro atoms. The molecule has 0 radical (unpaired) electrons. The number of amides is 1. The Labute approximate surface area is 88.8 Å². The summed E-state index contributed by atoms with van der Waals surface area (Å²) in [4.78, 5) is 21.9. The lowest BCUT2D eigenvalue weighted by atomic mass is 9.96. The van der Waals surface area contributed by atoms with Crippen LogP contribution in [-0.4, -0.2) is 36.2 Å². The van der Waals surface area contributed by atoms with Crippen molar-refractivity contribution in [1.29, 1.82) is 0 Å². The predicted molar refractivity (Wildman–Crippen MR) is 53.4 cm³/mol. The summed E-state index contributed by atoms with van der Waals surface area (Å²) in [6.07, 6.45) is 2.17. The predicted octanol–water partition coefficient (Wildman–Crippen LogP) is 0.392. The van der Waals surface area contributed by atoms with Crippen LogP contribution in [0.5, 0.6) is 0 Å². The summed E-state index contributed by atoms with van der Waals surface area (Å²) in [6.45, 7) is 2.86. The molecule has 15 heavy (non-hydrogen) atoms. The molecule has 0 aliphatic carbocycles. The molecule has 1 atom stereocenters. The first-order valence-electron chi connectivity index (χ1n) is 5.19. The lowest BCUT2D eigenvalue weighted by molar-refractivity contribution is -0.141. The van der Waals surface area contributed by atoms with Crippen LogP contribution in [0.1, 0.15) is 26.2 Å². The van der Waals surface area contributed by atoms with Gasteiger partial charge in [0.05, 0.1) is 0 Å². The first kappa shape index (κ1) is 12.0. The molecular weight excluding hydrogens is 198 g/mol. The Morgan fingerprint density at radius 1 is 1.47 bits per heavy atom. The van der Waals surface area contributed by atoms with E-state index in [1.807, 2.05) is 0 Å². The van der Waals surface area contributed by atoms with Crippen molar-refractivity contribution in [2.75, 3.05) is 13.2 Å². The van der Waals surface area contributed by atoms with Crippen molar-refractivity contribution in [3.05, 3.63) is 0 Å². The molecule has 0 saturated carbocycles. The van der Waals surface area contributed by atoms with Crippen molar-refractivity contribution in [2.24, 2.45) is 5.92 Å². The van der Waals surface area contributed by atoms with Crippen LogP contribution in [0.4, 0.5) is 0 Å². The van der Waals surface area contributed by atoms with E-state index in [4.69, 9.17) is 9.84 Å². The largest absolute Gasteiger partial charge is 0.480 e. The summed E-state index contributed by atoms with van der Waals surface area (Å²) < 4.78 is 5.17. The van der Waals surface area contributed by atoms with Crippen molar-refractivity contribution < 1.29 is 19.4 Å². The molecule has 1 saturated heterocycles. The number of hydrogen-bond acceptors (Lipinski definition) is 3. The number of carboxylic acids is 1. The molecule has 2 N–H and O–H groups in total. The quantitative estimate of drug-likeness (QED) is 0.711. The van der Waals surface area contributed by atoms with Crippen LogP contribution in [-0.2, 0) is 14.3 Å². The van der Waals surface area contributed by atoms with Gasteiger partial charge in [0.1, 0.15) is 6.04 Å². The summed E-state index contributed by atoms with van der Waals surface area (Å²) in [7, 11) is 0. The standard InChI is InChI=1S/C10H17NO4/c1-7(10(13)14)11-9(12)6-8-2-4-15-5-3-8/h7-8H,2-6H2,1H3,(H,11,12)(H,13,14)/t7-/m1/s1. The summed E-state index contributed by atoms with van der Waals surface area (Å²) in [5, 5.41) is 11.0. The van der Waals surface area contributed by atoms with E-state index in [1.54, 1.807) is 0 Å². The van der Waals surface area contributed by atoms with Gasteiger partial charge in [0.25, 0.3) is 0 Å². The van der Waals surface area contributed by atoms with Gasteiger partial charge in [-0.1, -0.05) is 0 Å².